The van der Waals surface area contributed by atoms with Crippen molar-refractivity contribution >= 4 is 23.5 Å². The predicted molar refractivity (Wildman–Crippen MR) is 97.2 cm³/mol. The van der Waals surface area contributed by atoms with Gasteiger partial charge in [-0.3, -0.25) is 29.1 Å². The molecule has 2 heterocycles. The van der Waals surface area contributed by atoms with Crippen LogP contribution in [0.2, 0.25) is 0 Å². The van der Waals surface area contributed by atoms with Gasteiger partial charge in [0, 0.05) is 25.3 Å². The number of nitrogens with two attached hydrogens (primary N) is 1. The first-order valence-corrected chi connectivity index (χ1v) is 8.14. The minimum atomic E-state index is -0.647. The lowest BCUT2D eigenvalue weighted by Crippen LogP contribution is -2.27. The van der Waals surface area contributed by atoms with Gasteiger partial charge in [-0.25, -0.2) is 0 Å². The topological polar surface area (TPSA) is 133 Å². The number of fused-ring (bicyclic) bond motifs is 1. The highest BCUT2D eigenvalue weighted by Gasteiger charge is 2.32. The largest absolute Gasteiger partial charge is 0.384 e. The molecule has 0 saturated heterocycles. The molecule has 1 aromatic heterocycles. The number of nitrogens with zero attached hydrogens (tertiary/aromatic N) is 1. The Morgan fingerprint density at radius 2 is 1.96 bits per heavy atom. The van der Waals surface area contributed by atoms with Crippen molar-refractivity contribution in [2.24, 2.45) is 0 Å². The molecule has 0 atom stereocenters. The summed E-state index contributed by atoms with van der Waals surface area (Å²) >= 11 is 0. The number of nitrogens with one attached hydrogen (secondary N) is 2. The van der Waals surface area contributed by atoms with E-state index in [-0.39, 0.29) is 22.9 Å². The Hall–Kier alpha value is -3.46. The molecule has 0 spiro atoms. The summed E-state index contributed by atoms with van der Waals surface area (Å²) in [4.78, 5) is 48.3. The molecule has 3 rings (SSSR count). The van der Waals surface area contributed by atoms with Crippen LogP contribution in [0.3, 0.4) is 0 Å². The lowest BCUT2D eigenvalue weighted by atomic mass is 10.1. The van der Waals surface area contributed by atoms with Crippen molar-refractivity contribution < 1.29 is 19.1 Å². The summed E-state index contributed by atoms with van der Waals surface area (Å²) in [7, 11) is 1.54. The van der Waals surface area contributed by atoms with Gasteiger partial charge in [0.2, 0.25) is 0 Å². The average molecular weight is 370 g/mol. The quantitative estimate of drug-likeness (QED) is 0.501. The Balaban J connectivity index is 2.02. The van der Waals surface area contributed by atoms with Crippen LogP contribution in [0, 0.1) is 6.92 Å². The lowest BCUT2D eigenvalue weighted by Gasteiger charge is -2.15. The second kappa shape index (κ2) is 7.04. The van der Waals surface area contributed by atoms with Crippen molar-refractivity contribution in [2.45, 2.75) is 6.92 Å². The number of hydrogen-bond acceptors (Lipinski definition) is 6. The standard InChI is InChI=1S/C18H18N4O5/c1-9-7-10(16(24)20-5-6-27-2)3-4-12(9)22-13(23)8-11-14(15(22)19)18(26)21-17(11)25/h3-4,7-8H,5-6,19H2,1-2H3,(H,20,24)(H,21,25,26). The molecule has 0 fully saturated rings. The number of aryl methyl sites for hydroxylation is 1. The number of pyridine rings is 1. The number of carbonyl (C=O) groups is 3. The van der Waals surface area contributed by atoms with E-state index in [1.807, 2.05) is 0 Å². The van der Waals surface area contributed by atoms with Crippen LogP contribution in [0.1, 0.15) is 36.6 Å². The first kappa shape index (κ1) is 18.3. The number of methoxy groups -OCH3 is 1. The zero-order valence-corrected chi connectivity index (χ0v) is 14.8. The zero-order chi connectivity index (χ0) is 19.7. The number of amides is 3. The van der Waals surface area contributed by atoms with Crippen LogP contribution in [0.5, 0.6) is 0 Å². The maximum absolute atomic E-state index is 12.5. The molecule has 9 nitrogen and oxygen atoms in total. The third-order valence-corrected chi connectivity index (χ3v) is 4.24. The van der Waals surface area contributed by atoms with Crippen molar-refractivity contribution in [3.8, 4) is 5.69 Å². The fourth-order valence-corrected chi connectivity index (χ4v) is 2.94. The van der Waals surface area contributed by atoms with Gasteiger partial charge in [0.15, 0.2) is 0 Å². The molecule has 140 valence electrons. The summed E-state index contributed by atoms with van der Waals surface area (Å²) in [5.74, 6) is -1.69. The smallest absolute Gasteiger partial charge is 0.262 e. The van der Waals surface area contributed by atoms with Gasteiger partial charge in [-0.2, -0.15) is 0 Å². The molecule has 1 aliphatic heterocycles. The van der Waals surface area contributed by atoms with Crippen molar-refractivity contribution in [1.82, 2.24) is 15.2 Å². The summed E-state index contributed by atoms with van der Waals surface area (Å²) in [5.41, 5.74) is 6.85. The molecule has 9 heteroatoms. The van der Waals surface area contributed by atoms with Crippen molar-refractivity contribution in [3.63, 3.8) is 0 Å². The summed E-state index contributed by atoms with van der Waals surface area (Å²) in [6, 6.07) is 5.81. The summed E-state index contributed by atoms with van der Waals surface area (Å²) in [6.07, 6.45) is 0. The highest BCUT2D eigenvalue weighted by molar-refractivity contribution is 6.23. The molecule has 0 aliphatic carbocycles. The first-order valence-electron chi connectivity index (χ1n) is 8.14. The second-order valence-electron chi connectivity index (χ2n) is 6.03. The molecular formula is C18H18N4O5. The van der Waals surface area contributed by atoms with Crippen molar-refractivity contribution in [3.05, 3.63) is 56.9 Å². The molecule has 3 amide bonds. The molecule has 0 unspecified atom stereocenters. The fourth-order valence-electron chi connectivity index (χ4n) is 2.94. The molecule has 1 aromatic carbocycles. The van der Waals surface area contributed by atoms with Gasteiger partial charge < -0.3 is 15.8 Å². The highest BCUT2D eigenvalue weighted by atomic mass is 16.5. The van der Waals surface area contributed by atoms with E-state index in [2.05, 4.69) is 10.6 Å². The molecule has 0 bridgehead atoms. The highest BCUT2D eigenvalue weighted by Crippen LogP contribution is 2.24. The minimum absolute atomic E-state index is 0.0274. The van der Waals surface area contributed by atoms with E-state index < -0.39 is 17.4 Å². The van der Waals surface area contributed by atoms with Crippen LogP contribution < -0.4 is 21.9 Å². The van der Waals surface area contributed by atoms with E-state index in [4.69, 9.17) is 10.5 Å². The van der Waals surface area contributed by atoms with Gasteiger partial charge in [0.25, 0.3) is 23.3 Å². The maximum atomic E-state index is 12.5. The Labute approximate surface area is 154 Å². The molecular weight excluding hydrogens is 352 g/mol. The molecule has 1 aliphatic rings. The maximum Gasteiger partial charge on any atom is 0.262 e. The number of ether oxygens (including phenoxy) is 1. The van der Waals surface area contributed by atoms with E-state index in [0.29, 0.717) is 30.0 Å². The Morgan fingerprint density at radius 1 is 1.22 bits per heavy atom. The second-order valence-corrected chi connectivity index (χ2v) is 6.03. The van der Waals surface area contributed by atoms with Crippen molar-refractivity contribution in [1.29, 1.82) is 0 Å². The monoisotopic (exact) mass is 370 g/mol. The van der Waals surface area contributed by atoms with Gasteiger partial charge >= 0.3 is 0 Å². The number of hydrogen-bond donors (Lipinski definition) is 3. The SMILES string of the molecule is COCCNC(=O)c1ccc(-n2c(N)c3c(cc2=O)C(=O)NC3=O)c(C)c1. The van der Waals surface area contributed by atoms with Crippen LogP contribution in [0.4, 0.5) is 5.82 Å². The molecule has 0 saturated carbocycles. The van der Waals surface area contributed by atoms with E-state index in [0.717, 1.165) is 10.6 Å². The summed E-state index contributed by atoms with van der Waals surface area (Å²) < 4.78 is 6.04. The summed E-state index contributed by atoms with van der Waals surface area (Å²) in [5, 5.41) is 4.82. The third-order valence-electron chi connectivity index (χ3n) is 4.24. The Morgan fingerprint density at radius 3 is 2.63 bits per heavy atom. The van der Waals surface area contributed by atoms with Gasteiger partial charge in [0.1, 0.15) is 5.82 Å². The van der Waals surface area contributed by atoms with Crippen LogP contribution in [-0.2, 0) is 4.74 Å². The molecule has 27 heavy (non-hydrogen) atoms. The third kappa shape index (κ3) is 3.20. The van der Waals surface area contributed by atoms with Crippen LogP contribution in [0.15, 0.2) is 29.1 Å². The van der Waals surface area contributed by atoms with Gasteiger partial charge in [-0.15, -0.1) is 0 Å². The van der Waals surface area contributed by atoms with Gasteiger partial charge in [-0.1, -0.05) is 0 Å². The van der Waals surface area contributed by atoms with E-state index >= 15 is 0 Å². The van der Waals surface area contributed by atoms with E-state index in [1.54, 1.807) is 25.1 Å². The van der Waals surface area contributed by atoms with Crippen LogP contribution >= 0.6 is 0 Å². The number of anilines is 1. The number of aromatic nitrogens is 1. The van der Waals surface area contributed by atoms with E-state index in [9.17, 15) is 19.2 Å². The fraction of sp³-hybridized carbons (Fsp3) is 0.222. The first-order chi connectivity index (χ1) is 12.8. The van der Waals surface area contributed by atoms with Crippen LogP contribution in [-0.4, -0.2) is 42.6 Å². The Bertz CT molecular complexity index is 1030. The zero-order valence-electron chi connectivity index (χ0n) is 14.8. The normalized spacial score (nSPS) is 12.7. The number of rotatable bonds is 5. The molecule has 2 aromatic rings. The number of benzene rings is 1. The summed E-state index contributed by atoms with van der Waals surface area (Å²) in [6.45, 7) is 2.48. The van der Waals surface area contributed by atoms with E-state index in [1.165, 1.54) is 7.11 Å². The van der Waals surface area contributed by atoms with Crippen molar-refractivity contribution in [2.75, 3.05) is 26.0 Å². The van der Waals surface area contributed by atoms with Gasteiger partial charge in [-0.05, 0) is 30.7 Å². The number of imide groups is 1. The Kier molecular flexibility index (Phi) is 4.78. The van der Waals surface area contributed by atoms with Gasteiger partial charge in [0.05, 0.1) is 23.4 Å². The predicted octanol–water partition coefficient (Wildman–Crippen LogP) is -0.0121. The average Bonchev–Trinajstić information content (AvgIpc) is 2.90. The minimum Gasteiger partial charge on any atom is -0.384 e. The molecule has 0 radical (unpaired) electrons. The molecule has 4 N–H and O–H groups in total. The number of nitrogen functional groups attached to an aromatic ring is 1. The lowest BCUT2D eigenvalue weighted by molar-refractivity contribution is 0.0878. The van der Waals surface area contributed by atoms with Crippen LogP contribution in [0.25, 0.3) is 5.69 Å². The number of carbonyl (C=O) groups excluding carboxylic acids is 3.